The summed E-state index contributed by atoms with van der Waals surface area (Å²) in [6.07, 6.45) is -0.146. The highest BCUT2D eigenvalue weighted by atomic mass is 32.2. The molecule has 3 N–H and O–H groups in total. The van der Waals surface area contributed by atoms with Gasteiger partial charge in [-0.1, -0.05) is 48.5 Å². The molecule has 2 saturated carbocycles. The van der Waals surface area contributed by atoms with E-state index in [0.29, 0.717) is 45.2 Å². The Balaban J connectivity index is 1.26. The van der Waals surface area contributed by atoms with Gasteiger partial charge in [-0.05, 0) is 58.2 Å². The number of sulfonamides is 2. The number of hydrogen-bond donors (Lipinski definition) is 3. The maximum Gasteiger partial charge on any atom is 0.408 e. The molecule has 4 amide bonds. The van der Waals surface area contributed by atoms with Gasteiger partial charge >= 0.3 is 6.09 Å². The first-order valence-electron chi connectivity index (χ1n) is 21.3. The van der Waals surface area contributed by atoms with Gasteiger partial charge in [-0.3, -0.25) is 29.2 Å². The molecule has 1 saturated heterocycles. The van der Waals surface area contributed by atoms with E-state index < -0.39 is 106 Å². The molecule has 22 heteroatoms. The smallest absolute Gasteiger partial charge is 0.408 e. The quantitative estimate of drug-likeness (QED) is 0.0767. The van der Waals surface area contributed by atoms with Crippen molar-refractivity contribution < 1.29 is 55.1 Å². The highest BCUT2D eigenvalue weighted by Crippen LogP contribution is 2.46. The van der Waals surface area contributed by atoms with E-state index in [4.69, 9.17) is 19.2 Å². The standard InChI is InChI=1S/C45H51N7O13S2/c1-7-28-24-45(28,42(55)49-66(59,60)31-18-19-31)48-40(53)37-22-30(64-38-23-33(27-13-9-8-10-14-27)46-34-21-29(63-6)17-20-32(34)38)25-51(37)41(54)35(47-43(56)65-44(2,3)4)26-50(5)67(61,62)39-16-12-11-15-36(39)52(57)58/h7-17,20-21,23,28,30-31,35,37H,1,18-19,22,24-26H2,2-6H3,(H,47,56)(H,48,53)(H,49,55)/t28-,30-,35?,37+,45-/m1/s1. The summed E-state index contributed by atoms with van der Waals surface area (Å²) in [7, 11) is -6.18. The number of benzene rings is 3. The van der Waals surface area contributed by atoms with Gasteiger partial charge in [-0.2, -0.15) is 4.31 Å². The molecule has 1 aliphatic heterocycles. The molecule has 356 valence electrons. The van der Waals surface area contributed by atoms with Crippen LogP contribution in [0.5, 0.6) is 11.5 Å². The molecule has 3 aliphatic rings. The molecule has 7 rings (SSSR count). The van der Waals surface area contributed by atoms with Crippen molar-refractivity contribution in [2.24, 2.45) is 5.92 Å². The Morgan fingerprint density at radius 1 is 1.03 bits per heavy atom. The molecule has 5 atom stereocenters. The van der Waals surface area contributed by atoms with Crippen molar-refractivity contribution in [3.63, 3.8) is 0 Å². The Morgan fingerprint density at radius 3 is 2.34 bits per heavy atom. The molecule has 67 heavy (non-hydrogen) atoms. The van der Waals surface area contributed by atoms with Crippen LogP contribution in [0.25, 0.3) is 22.2 Å². The van der Waals surface area contributed by atoms with Gasteiger partial charge < -0.3 is 29.7 Å². The number of likely N-dealkylation sites (N-methyl/N-ethyl adjacent to an activating group) is 1. The lowest BCUT2D eigenvalue weighted by Gasteiger charge is -2.31. The molecule has 3 fully saturated rings. The first-order valence-corrected chi connectivity index (χ1v) is 24.3. The highest BCUT2D eigenvalue weighted by molar-refractivity contribution is 7.91. The Kier molecular flexibility index (Phi) is 13.4. The normalized spacial score (nSPS) is 20.9. The molecule has 4 aromatic rings. The van der Waals surface area contributed by atoms with Gasteiger partial charge in [-0.15, -0.1) is 6.58 Å². The number of nitro benzene ring substituents is 1. The van der Waals surface area contributed by atoms with Crippen LogP contribution in [0.1, 0.15) is 46.5 Å². The summed E-state index contributed by atoms with van der Waals surface area (Å²) in [4.78, 5) is 73.1. The number of alkyl carbamates (subject to hydrolysis) is 1. The van der Waals surface area contributed by atoms with Gasteiger partial charge in [0.05, 0.1) is 35.0 Å². The number of para-hydroxylation sites is 1. The summed E-state index contributed by atoms with van der Waals surface area (Å²) in [5.41, 5.74) is -1.78. The largest absolute Gasteiger partial charge is 0.497 e. The van der Waals surface area contributed by atoms with Crippen LogP contribution in [0.2, 0.25) is 0 Å². The molecular formula is C45H51N7O13S2. The summed E-state index contributed by atoms with van der Waals surface area (Å²) < 4.78 is 74.0. The van der Waals surface area contributed by atoms with Crippen LogP contribution in [0.4, 0.5) is 10.5 Å². The molecule has 3 aromatic carbocycles. The molecule has 0 bridgehead atoms. The van der Waals surface area contributed by atoms with Gasteiger partial charge in [-0.25, -0.2) is 26.6 Å². The lowest BCUT2D eigenvalue weighted by Crippen LogP contribution is -2.60. The van der Waals surface area contributed by atoms with Crippen LogP contribution in [0.3, 0.4) is 0 Å². The van der Waals surface area contributed by atoms with Crippen molar-refractivity contribution in [1.29, 1.82) is 0 Å². The number of carbonyl (C=O) groups excluding carboxylic acids is 4. The fourth-order valence-electron chi connectivity index (χ4n) is 7.92. The van der Waals surface area contributed by atoms with Crippen molar-refractivity contribution in [2.75, 3.05) is 27.2 Å². The number of likely N-dealkylation sites (tertiary alicyclic amines) is 1. The number of amides is 4. The number of carbonyl (C=O) groups is 4. The van der Waals surface area contributed by atoms with E-state index in [-0.39, 0.29) is 19.4 Å². The van der Waals surface area contributed by atoms with Gasteiger partial charge in [0, 0.05) is 55.1 Å². The lowest BCUT2D eigenvalue weighted by molar-refractivity contribution is -0.387. The van der Waals surface area contributed by atoms with Crippen molar-refractivity contribution in [1.82, 2.24) is 29.5 Å². The second-order valence-electron chi connectivity index (χ2n) is 17.6. The van der Waals surface area contributed by atoms with Crippen molar-refractivity contribution in [2.45, 2.75) is 85.9 Å². The van der Waals surface area contributed by atoms with E-state index in [1.165, 1.54) is 25.3 Å². The van der Waals surface area contributed by atoms with Gasteiger partial charge in [0.15, 0.2) is 4.90 Å². The van der Waals surface area contributed by atoms with Crippen LogP contribution in [-0.2, 0) is 39.2 Å². The summed E-state index contributed by atoms with van der Waals surface area (Å²) in [6, 6.07) is 17.5. The third kappa shape index (κ3) is 10.5. The molecule has 20 nitrogen and oxygen atoms in total. The highest BCUT2D eigenvalue weighted by Gasteiger charge is 2.62. The van der Waals surface area contributed by atoms with Crippen LogP contribution in [-0.4, -0.2) is 122 Å². The lowest BCUT2D eigenvalue weighted by atomic mass is 10.1. The third-order valence-electron chi connectivity index (χ3n) is 11.6. The zero-order valence-electron chi connectivity index (χ0n) is 37.3. The Hall–Kier alpha value is -6.65. The Labute approximate surface area is 387 Å². The second-order valence-corrected chi connectivity index (χ2v) is 21.6. The number of nitro groups is 1. The molecule has 1 aromatic heterocycles. The number of ether oxygens (including phenoxy) is 3. The number of rotatable bonds is 17. The third-order valence-corrected chi connectivity index (χ3v) is 15.3. The van der Waals surface area contributed by atoms with Gasteiger partial charge in [0.2, 0.25) is 31.9 Å². The molecule has 1 unspecified atom stereocenters. The van der Waals surface area contributed by atoms with Crippen molar-refractivity contribution in [3.8, 4) is 22.8 Å². The van der Waals surface area contributed by atoms with Gasteiger partial charge in [0.1, 0.15) is 40.8 Å². The molecule has 0 radical (unpaired) electrons. The zero-order valence-corrected chi connectivity index (χ0v) is 39.0. The molecule has 0 spiro atoms. The summed E-state index contributed by atoms with van der Waals surface area (Å²) >= 11 is 0. The average Bonchev–Trinajstić information content (AvgIpc) is 4.22. The van der Waals surface area contributed by atoms with E-state index in [1.807, 2.05) is 30.3 Å². The minimum atomic E-state index is -4.72. The average molecular weight is 962 g/mol. The summed E-state index contributed by atoms with van der Waals surface area (Å²) in [5, 5.41) is 16.8. The fraction of sp³-hybridized carbons (Fsp3) is 0.400. The topological polar surface area (TPSA) is 263 Å². The molecule has 2 aliphatic carbocycles. The predicted octanol–water partition coefficient (Wildman–Crippen LogP) is 4.05. The van der Waals surface area contributed by atoms with Crippen LogP contribution in [0, 0.1) is 16.0 Å². The second kappa shape index (κ2) is 18.6. The monoisotopic (exact) mass is 961 g/mol. The number of fused-ring (bicyclic) bond motifs is 1. The maximum atomic E-state index is 15.1. The Bertz CT molecular complexity index is 2850. The molecule has 2 heterocycles. The van der Waals surface area contributed by atoms with E-state index in [1.54, 1.807) is 45.0 Å². The fourth-order valence-corrected chi connectivity index (χ4v) is 10.6. The predicted molar refractivity (Wildman–Crippen MR) is 244 cm³/mol. The van der Waals surface area contributed by atoms with Crippen LogP contribution >= 0.6 is 0 Å². The SMILES string of the molecule is C=C[C@@H]1C[C@]1(NC(=O)[C@@H]1C[C@@H](Oc2cc(-c3ccccc3)nc3cc(OC)ccc23)CN1C(=O)C(CN(C)S(=O)(=O)c1ccccc1[N+](=O)[O-])NC(=O)OC(C)(C)C)C(=O)NS(=O)(=O)C1CC1. The number of aromatic nitrogens is 1. The number of nitrogens with one attached hydrogen (secondary N) is 3. The van der Waals surface area contributed by atoms with Gasteiger partial charge in [0.25, 0.3) is 11.6 Å². The zero-order chi connectivity index (χ0) is 48.6. The maximum absolute atomic E-state index is 15.1. The van der Waals surface area contributed by atoms with E-state index >= 15 is 4.79 Å². The van der Waals surface area contributed by atoms with Crippen molar-refractivity contribution >= 4 is 60.5 Å². The molecular weight excluding hydrogens is 911 g/mol. The Morgan fingerprint density at radius 2 is 1.72 bits per heavy atom. The number of hydrogen-bond acceptors (Lipinski definition) is 14. The summed E-state index contributed by atoms with van der Waals surface area (Å²) in [6.45, 7) is 7.32. The van der Waals surface area contributed by atoms with Crippen molar-refractivity contribution in [3.05, 3.63) is 102 Å². The first kappa shape index (κ1) is 48.3. The number of nitrogens with zero attached hydrogens (tertiary/aromatic N) is 4. The minimum Gasteiger partial charge on any atom is -0.497 e. The van der Waals surface area contributed by atoms with E-state index in [9.17, 15) is 41.3 Å². The first-order chi connectivity index (χ1) is 31.6. The minimum absolute atomic E-state index is 0.000681. The van der Waals surface area contributed by atoms with Crippen LogP contribution < -0.4 is 24.8 Å². The van der Waals surface area contributed by atoms with E-state index in [2.05, 4.69) is 21.9 Å². The van der Waals surface area contributed by atoms with Crippen LogP contribution in [0.15, 0.2) is 96.4 Å². The van der Waals surface area contributed by atoms with E-state index in [0.717, 1.165) is 29.6 Å². The number of methoxy groups -OCH3 is 1. The number of pyridine rings is 1. The summed E-state index contributed by atoms with van der Waals surface area (Å²) in [5.74, 6) is -2.68.